The van der Waals surface area contributed by atoms with Crippen LogP contribution in [0.4, 0.5) is 16.2 Å². The molecule has 2 fully saturated rings. The molecule has 0 aromatic carbocycles. The molecule has 0 amide bonds. The van der Waals surface area contributed by atoms with Crippen molar-refractivity contribution in [2.75, 3.05) is 24.2 Å². The Labute approximate surface area is 179 Å². The van der Waals surface area contributed by atoms with Crippen molar-refractivity contribution in [1.29, 1.82) is 0 Å². The van der Waals surface area contributed by atoms with Crippen molar-refractivity contribution in [1.82, 2.24) is 19.5 Å². The Morgan fingerprint density at radius 1 is 1.48 bits per heavy atom. The van der Waals surface area contributed by atoms with Crippen LogP contribution in [0.15, 0.2) is 6.33 Å². The van der Waals surface area contributed by atoms with Crippen LogP contribution in [0.5, 0.6) is 0 Å². The van der Waals surface area contributed by atoms with E-state index >= 15 is 4.39 Å². The fourth-order valence-electron chi connectivity index (χ4n) is 3.77. The summed E-state index contributed by atoms with van der Waals surface area (Å²) in [5.41, 5.74) is 4.58. The Kier molecular flexibility index (Phi) is 5.95. The van der Waals surface area contributed by atoms with E-state index in [4.69, 9.17) is 24.0 Å². The van der Waals surface area contributed by atoms with E-state index < -0.39 is 38.0 Å². The molecule has 4 heterocycles. The molecule has 13 heteroatoms. The van der Waals surface area contributed by atoms with Gasteiger partial charge in [0.1, 0.15) is 12.2 Å². The molecule has 4 rings (SSSR count). The Bertz CT molecular complexity index is 1000. The highest BCUT2D eigenvalue weighted by molar-refractivity contribution is 7.48. The fraction of sp³-hybridized carbons (Fsp3) is 0.722. The number of phosphoric ester groups is 1. The molecule has 11 nitrogen and oxygen atoms in total. The second-order valence-electron chi connectivity index (χ2n) is 8.14. The summed E-state index contributed by atoms with van der Waals surface area (Å²) in [6, 6.07) is 0. The van der Waals surface area contributed by atoms with Crippen molar-refractivity contribution in [2.45, 2.75) is 70.7 Å². The topological polar surface area (TPSA) is 136 Å². The van der Waals surface area contributed by atoms with Crippen LogP contribution in [-0.2, 0) is 22.9 Å². The van der Waals surface area contributed by atoms with Crippen molar-refractivity contribution in [3.05, 3.63) is 6.33 Å². The summed E-state index contributed by atoms with van der Waals surface area (Å²) in [6.45, 7) is 7.35. The highest BCUT2D eigenvalue weighted by Gasteiger charge is 2.61. The lowest BCUT2D eigenvalue weighted by molar-refractivity contribution is -0.0733. The van der Waals surface area contributed by atoms with Gasteiger partial charge in [-0.3, -0.25) is 18.1 Å². The zero-order valence-corrected chi connectivity index (χ0v) is 18.8. The Hall–Kier alpha value is -1.85. The number of hydrogen-bond acceptors (Lipinski definition) is 10. The molecule has 3 N–H and O–H groups in total. The summed E-state index contributed by atoms with van der Waals surface area (Å²) in [7, 11) is -3.90. The molecule has 0 radical (unpaired) electrons. The van der Waals surface area contributed by atoms with Gasteiger partial charge in [-0.25, -0.2) is 13.9 Å². The number of hydrogen-bond donors (Lipinski definition) is 2. The average Bonchev–Trinajstić information content (AvgIpc) is 3.19. The number of nitrogens with one attached hydrogen (secondary N) is 1. The summed E-state index contributed by atoms with van der Waals surface area (Å²) in [5, 5.41) is 3.19. The number of fused-ring (bicyclic) bond motifs is 2. The molecule has 0 saturated carbocycles. The normalized spacial score (nSPS) is 33.2. The predicted molar refractivity (Wildman–Crippen MR) is 111 cm³/mol. The van der Waals surface area contributed by atoms with Crippen molar-refractivity contribution in [3.8, 4) is 0 Å². The molecule has 0 bridgehead atoms. The number of alkyl halides is 1. The van der Waals surface area contributed by atoms with Gasteiger partial charge in [0.2, 0.25) is 5.95 Å². The van der Waals surface area contributed by atoms with E-state index in [2.05, 4.69) is 27.2 Å². The lowest BCUT2D eigenvalue weighted by Gasteiger charge is -2.34. The summed E-state index contributed by atoms with van der Waals surface area (Å²) in [5.74, 6) is 0.499. The molecule has 2 aliphatic heterocycles. The largest absolute Gasteiger partial charge is 0.475 e. The van der Waals surface area contributed by atoms with Crippen LogP contribution in [0.3, 0.4) is 0 Å². The van der Waals surface area contributed by atoms with Crippen LogP contribution in [-0.4, -0.2) is 56.7 Å². The first-order chi connectivity index (χ1) is 14.6. The second-order valence-corrected chi connectivity index (χ2v) is 9.71. The monoisotopic (exact) mass is 458 g/mol. The second kappa shape index (κ2) is 8.25. The summed E-state index contributed by atoms with van der Waals surface area (Å²) < 4.78 is 52.1. The first-order valence-electron chi connectivity index (χ1n) is 10.3. The number of rotatable bonds is 7. The van der Waals surface area contributed by atoms with Crippen molar-refractivity contribution >= 4 is 30.8 Å². The third-order valence-electron chi connectivity index (χ3n) is 5.17. The van der Waals surface area contributed by atoms with E-state index in [1.54, 1.807) is 13.8 Å². The number of halogens is 1. The lowest BCUT2D eigenvalue weighted by Crippen LogP contribution is -2.45. The van der Waals surface area contributed by atoms with Crippen LogP contribution < -0.4 is 11.1 Å². The molecule has 0 aliphatic carbocycles. The van der Waals surface area contributed by atoms with Gasteiger partial charge in [0.25, 0.3) is 0 Å². The minimum absolute atomic E-state index is 0.0265. The number of nitrogen functional groups attached to an aromatic ring is 1. The lowest BCUT2D eigenvalue weighted by atomic mass is 9.98. The number of phosphoric acid groups is 1. The van der Waals surface area contributed by atoms with Gasteiger partial charge in [0.05, 0.1) is 19.0 Å². The summed E-state index contributed by atoms with van der Waals surface area (Å²) in [4.78, 5) is 12.8. The molecule has 5 atom stereocenters. The smallest absolute Gasteiger partial charge is 0.368 e. The first kappa shape index (κ1) is 22.3. The van der Waals surface area contributed by atoms with E-state index in [1.807, 2.05) is 0 Å². The zero-order chi connectivity index (χ0) is 22.4. The molecular formula is C18H28FN6O5P. The van der Waals surface area contributed by atoms with Crippen LogP contribution in [0.25, 0.3) is 11.2 Å². The molecule has 0 spiro atoms. The molecule has 31 heavy (non-hydrogen) atoms. The first-order valence-corrected chi connectivity index (χ1v) is 11.8. The molecule has 172 valence electrons. The summed E-state index contributed by atoms with van der Waals surface area (Å²) in [6.07, 6.45) is -0.127. The molecule has 2 aliphatic rings. The number of imidazole rings is 1. The van der Waals surface area contributed by atoms with Crippen LogP contribution in [0.2, 0.25) is 0 Å². The number of aromatic nitrogens is 4. The molecule has 2 saturated heterocycles. The van der Waals surface area contributed by atoms with E-state index in [-0.39, 0.29) is 12.6 Å². The quantitative estimate of drug-likeness (QED) is 0.470. The van der Waals surface area contributed by atoms with Gasteiger partial charge in [-0.15, -0.1) is 0 Å². The Balaban J connectivity index is 1.65. The molecule has 2 aromatic rings. The van der Waals surface area contributed by atoms with Gasteiger partial charge < -0.3 is 15.8 Å². The highest BCUT2D eigenvalue weighted by atomic mass is 31.2. The summed E-state index contributed by atoms with van der Waals surface area (Å²) >= 11 is 0. The average molecular weight is 458 g/mol. The van der Waals surface area contributed by atoms with Crippen LogP contribution in [0.1, 0.15) is 46.8 Å². The molecular weight excluding hydrogens is 430 g/mol. The number of ether oxygens (including phenoxy) is 1. The number of anilines is 2. The highest BCUT2D eigenvalue weighted by Crippen LogP contribution is 2.60. The number of unbranched alkanes of at least 4 members (excludes halogenated alkanes) is 1. The van der Waals surface area contributed by atoms with Gasteiger partial charge in [-0.2, -0.15) is 9.97 Å². The van der Waals surface area contributed by atoms with Gasteiger partial charge in [0.15, 0.2) is 28.9 Å². The maximum atomic E-state index is 16.0. The Morgan fingerprint density at radius 3 is 2.97 bits per heavy atom. The van der Waals surface area contributed by atoms with E-state index in [1.165, 1.54) is 17.8 Å². The van der Waals surface area contributed by atoms with E-state index in [0.717, 1.165) is 12.8 Å². The van der Waals surface area contributed by atoms with Crippen LogP contribution >= 0.6 is 7.82 Å². The van der Waals surface area contributed by atoms with Crippen molar-refractivity contribution in [3.63, 3.8) is 0 Å². The number of nitrogens with zero attached hydrogens (tertiary/aromatic N) is 4. The zero-order valence-electron chi connectivity index (χ0n) is 17.9. The third-order valence-corrected chi connectivity index (χ3v) is 6.80. The minimum atomic E-state index is -3.90. The van der Waals surface area contributed by atoms with Crippen molar-refractivity contribution in [2.24, 2.45) is 0 Å². The van der Waals surface area contributed by atoms with Crippen LogP contribution in [0, 0.1) is 0 Å². The molecule has 2 aromatic heterocycles. The number of nitrogens with two attached hydrogens (primary N) is 1. The maximum Gasteiger partial charge on any atom is 0.475 e. The maximum absolute atomic E-state index is 16.0. The minimum Gasteiger partial charge on any atom is -0.368 e. The van der Waals surface area contributed by atoms with Gasteiger partial charge in [0, 0.05) is 6.54 Å². The SMILES string of the molecule is CCCCNc1nc(N)nc2c1ncn2[C@@H]1O[C@@H]2CO[P@](=O)(OC(C)C)O[C@H]2[C@@]1(C)F. The van der Waals surface area contributed by atoms with Crippen molar-refractivity contribution < 1.29 is 27.3 Å². The van der Waals surface area contributed by atoms with Gasteiger partial charge in [-0.1, -0.05) is 13.3 Å². The van der Waals surface area contributed by atoms with E-state index in [9.17, 15) is 4.57 Å². The predicted octanol–water partition coefficient (Wildman–Crippen LogP) is 3.19. The standard InChI is InChI=1S/C18H28FN6O5P/c1-5-6-7-21-14-12-15(24-17(20)23-14)25(9-22-12)16-18(4,19)13-11(28-16)8-27-31(26,30-13)29-10(2)3/h9-11,13,16H,5-8H2,1-4H3,(H3,20,21,23,24)/t11-,13-,16-,18-,31-/m1/s1. The van der Waals surface area contributed by atoms with E-state index in [0.29, 0.717) is 23.5 Å². The Morgan fingerprint density at radius 2 is 2.26 bits per heavy atom. The molecule has 0 unspecified atom stereocenters. The third kappa shape index (κ3) is 4.14. The van der Waals surface area contributed by atoms with Gasteiger partial charge in [-0.05, 0) is 27.2 Å². The fourth-order valence-corrected chi connectivity index (χ4v) is 5.41. The van der Waals surface area contributed by atoms with Gasteiger partial charge >= 0.3 is 7.82 Å².